The Morgan fingerprint density at radius 1 is 0.593 bits per heavy atom. The Labute approximate surface area is 318 Å². The van der Waals surface area contributed by atoms with Crippen LogP contribution in [0.4, 0.5) is 0 Å². The van der Waals surface area contributed by atoms with Crippen LogP contribution in [-0.2, 0) is 12.8 Å². The molecule has 54 heavy (non-hydrogen) atoms. The summed E-state index contributed by atoms with van der Waals surface area (Å²) in [6.45, 7) is 17.8. The van der Waals surface area contributed by atoms with Crippen molar-refractivity contribution >= 4 is 61.4 Å². The van der Waals surface area contributed by atoms with E-state index >= 15 is 0 Å². The highest BCUT2D eigenvalue weighted by Gasteiger charge is 2.26. The van der Waals surface area contributed by atoms with Crippen molar-refractivity contribution in [2.75, 3.05) is 0 Å². The summed E-state index contributed by atoms with van der Waals surface area (Å²) < 4.78 is 0. The van der Waals surface area contributed by atoms with Gasteiger partial charge in [0.05, 0.1) is 33.8 Å². The molecule has 2 aliphatic heterocycles. The zero-order valence-corrected chi connectivity index (χ0v) is 32.7. The highest BCUT2D eigenvalue weighted by Crippen LogP contribution is 2.45. The van der Waals surface area contributed by atoms with E-state index in [4.69, 9.17) is 9.97 Å². The summed E-state index contributed by atoms with van der Waals surface area (Å²) in [6.07, 6.45) is 4.41. The molecule has 8 bridgehead atoms. The number of benzene rings is 3. The molecule has 0 atom stereocenters. The van der Waals surface area contributed by atoms with Crippen LogP contribution in [-0.4, -0.2) is 26.2 Å². The van der Waals surface area contributed by atoms with E-state index in [1.807, 2.05) is 12.1 Å². The van der Waals surface area contributed by atoms with Gasteiger partial charge in [-0.2, -0.15) is 0 Å². The van der Waals surface area contributed by atoms with Crippen molar-refractivity contribution in [3.63, 3.8) is 0 Å². The lowest BCUT2D eigenvalue weighted by Crippen LogP contribution is -1.93. The number of aromatic amines is 2. The third kappa shape index (κ3) is 5.40. The van der Waals surface area contributed by atoms with Gasteiger partial charge in [0.2, 0.25) is 0 Å². The minimum Gasteiger partial charge on any atom is -0.354 e. The number of carbonyl (C=O) groups is 1. The Morgan fingerprint density at radius 2 is 1.11 bits per heavy atom. The van der Waals surface area contributed by atoms with Crippen molar-refractivity contribution in [2.45, 2.75) is 81.1 Å². The predicted molar refractivity (Wildman–Crippen MR) is 229 cm³/mol. The van der Waals surface area contributed by atoms with Gasteiger partial charge in [0, 0.05) is 33.1 Å². The number of hydrogen-bond donors (Lipinski definition) is 2. The highest BCUT2D eigenvalue weighted by atomic mass is 16.1. The van der Waals surface area contributed by atoms with Crippen LogP contribution >= 0.6 is 0 Å². The van der Waals surface area contributed by atoms with Crippen molar-refractivity contribution in [3.05, 3.63) is 129 Å². The molecule has 5 heterocycles. The molecule has 2 aliphatic rings. The Bertz CT molecular complexity index is 2750. The number of rotatable bonds is 7. The second-order valence-corrected chi connectivity index (χ2v) is 14.6. The first-order valence-corrected chi connectivity index (χ1v) is 19.5. The number of nitrogens with one attached hydrogen (secondary N) is 2. The lowest BCUT2D eigenvalue weighted by molar-refractivity contribution is 0.112. The van der Waals surface area contributed by atoms with E-state index in [1.165, 1.54) is 39.0 Å². The molecule has 8 rings (SSSR count). The van der Waals surface area contributed by atoms with E-state index in [0.29, 0.717) is 5.56 Å². The first-order chi connectivity index (χ1) is 26.2. The van der Waals surface area contributed by atoms with Gasteiger partial charge in [-0.1, -0.05) is 94.4 Å². The molecule has 3 aromatic carbocycles. The SMILES string of the molecule is CCC1=C(C)c2nc1cc1[nH]c(c(C)c1CC)c(-c1cccc3cccc(C=O)c13)c1nc(cc3[nH]c(c(C)c3CC)c2-c2ccccc2)C(CC)=C1C. The Kier molecular flexibility index (Phi) is 9.05. The van der Waals surface area contributed by atoms with Gasteiger partial charge in [0.1, 0.15) is 0 Å². The molecule has 0 saturated carbocycles. The number of H-pyrrole nitrogens is 2. The van der Waals surface area contributed by atoms with Crippen LogP contribution in [0.25, 0.3) is 77.4 Å². The number of aldehydes is 1. The maximum absolute atomic E-state index is 12.6. The first kappa shape index (κ1) is 35.2. The van der Waals surface area contributed by atoms with Gasteiger partial charge in [0.15, 0.2) is 6.29 Å². The van der Waals surface area contributed by atoms with E-state index in [1.54, 1.807) is 0 Å². The van der Waals surface area contributed by atoms with Crippen LogP contribution in [0.5, 0.6) is 0 Å². The molecule has 0 radical (unpaired) electrons. The van der Waals surface area contributed by atoms with Crippen molar-refractivity contribution in [1.82, 2.24) is 19.9 Å². The smallest absolute Gasteiger partial charge is 0.150 e. The molecule has 3 aromatic heterocycles. The Morgan fingerprint density at radius 3 is 1.63 bits per heavy atom. The second-order valence-electron chi connectivity index (χ2n) is 14.6. The number of hydrogen-bond acceptors (Lipinski definition) is 3. The average molecular weight is 709 g/mol. The predicted octanol–water partition coefficient (Wildman–Crippen LogP) is 13.0. The van der Waals surface area contributed by atoms with Gasteiger partial charge in [-0.15, -0.1) is 0 Å². The number of carbonyl (C=O) groups excluding carboxylic acids is 1. The highest BCUT2D eigenvalue weighted by molar-refractivity contribution is 6.12. The van der Waals surface area contributed by atoms with Gasteiger partial charge in [0.25, 0.3) is 0 Å². The average Bonchev–Trinajstić information content (AvgIpc) is 3.88. The molecular weight excluding hydrogens is 661 g/mol. The summed E-state index contributed by atoms with van der Waals surface area (Å²) in [5.74, 6) is 0. The summed E-state index contributed by atoms with van der Waals surface area (Å²) in [7, 11) is 0. The van der Waals surface area contributed by atoms with Crippen LogP contribution in [0.1, 0.15) is 110 Å². The topological polar surface area (TPSA) is 74.4 Å². The molecule has 0 unspecified atom stereocenters. The molecule has 270 valence electrons. The van der Waals surface area contributed by atoms with Crippen LogP contribution < -0.4 is 0 Å². The van der Waals surface area contributed by atoms with E-state index in [-0.39, 0.29) is 0 Å². The van der Waals surface area contributed by atoms with Crippen LogP contribution in [0, 0.1) is 13.8 Å². The molecule has 2 N–H and O–H groups in total. The van der Waals surface area contributed by atoms with Crippen LogP contribution in [0.3, 0.4) is 0 Å². The minimum absolute atomic E-state index is 0.671. The number of allylic oxidation sites excluding steroid dienone is 4. The van der Waals surface area contributed by atoms with E-state index in [0.717, 1.165) is 115 Å². The lowest BCUT2D eigenvalue weighted by Gasteiger charge is -2.13. The summed E-state index contributed by atoms with van der Waals surface area (Å²) in [5, 5.41) is 1.97. The lowest BCUT2D eigenvalue weighted by atomic mass is 9.91. The number of fused-ring (bicyclic) bond motifs is 9. The molecule has 5 nitrogen and oxygen atoms in total. The van der Waals surface area contributed by atoms with E-state index in [2.05, 4.69) is 132 Å². The molecule has 0 aliphatic carbocycles. The Hall–Kier alpha value is -5.81. The fourth-order valence-corrected chi connectivity index (χ4v) is 9.14. The summed E-state index contributed by atoms with van der Waals surface area (Å²) in [4.78, 5) is 31.6. The third-order valence-corrected chi connectivity index (χ3v) is 11.9. The molecule has 0 fully saturated rings. The van der Waals surface area contributed by atoms with Crippen molar-refractivity contribution in [1.29, 1.82) is 0 Å². The number of aryl methyl sites for hydroxylation is 4. The monoisotopic (exact) mass is 708 g/mol. The zero-order chi connectivity index (χ0) is 37.8. The van der Waals surface area contributed by atoms with Gasteiger partial charge >= 0.3 is 0 Å². The second kappa shape index (κ2) is 13.9. The van der Waals surface area contributed by atoms with Gasteiger partial charge in [-0.3, -0.25) is 4.79 Å². The van der Waals surface area contributed by atoms with Crippen LogP contribution in [0.15, 0.2) is 78.9 Å². The largest absolute Gasteiger partial charge is 0.354 e. The zero-order valence-electron chi connectivity index (χ0n) is 32.7. The maximum Gasteiger partial charge on any atom is 0.150 e. The first-order valence-electron chi connectivity index (χ1n) is 19.5. The summed E-state index contributed by atoms with van der Waals surface area (Å²) in [6, 6.07) is 27.6. The van der Waals surface area contributed by atoms with Crippen molar-refractivity contribution in [3.8, 4) is 22.3 Å². The van der Waals surface area contributed by atoms with E-state index in [9.17, 15) is 4.79 Å². The molecular formula is C49H48N4O. The molecule has 5 heteroatoms. The fourth-order valence-electron chi connectivity index (χ4n) is 9.14. The van der Waals surface area contributed by atoms with Gasteiger partial charge in [-0.25, -0.2) is 9.97 Å². The summed E-state index contributed by atoms with van der Waals surface area (Å²) in [5.41, 5.74) is 22.9. The normalized spacial score (nSPS) is 13.0. The number of nitrogens with zero attached hydrogens (tertiary/aromatic N) is 2. The van der Waals surface area contributed by atoms with Crippen LogP contribution in [0.2, 0.25) is 0 Å². The summed E-state index contributed by atoms with van der Waals surface area (Å²) >= 11 is 0. The molecule has 6 aromatic rings. The third-order valence-electron chi connectivity index (χ3n) is 11.9. The molecule has 0 amide bonds. The standard InChI is InChI=1S/C49H48N4O/c1-9-34-27(5)46-44(32-18-14-13-15-19-32)47-28(6)35(10-2)40(51-47)25-42-37(12-4)30(8)49(53-42)45(38-23-17-21-31-20-16-22-33(26-54)43(31)38)48-29(7)36(11-3)41(52-48)24-39(34)50-46/h13-26,50,53H,9-12H2,1-8H3. The van der Waals surface area contributed by atoms with Gasteiger partial charge in [-0.05, 0) is 127 Å². The van der Waals surface area contributed by atoms with Crippen molar-refractivity contribution in [2.24, 2.45) is 0 Å². The quantitative estimate of drug-likeness (QED) is 0.162. The number of aromatic nitrogens is 4. The molecule has 0 saturated heterocycles. The minimum atomic E-state index is 0.671. The fraction of sp³-hybridized carbons (Fsp3) is 0.245. The maximum atomic E-state index is 12.6. The Balaban J connectivity index is 1.66. The molecule has 0 spiro atoms. The van der Waals surface area contributed by atoms with E-state index < -0.39 is 0 Å². The van der Waals surface area contributed by atoms with Crippen molar-refractivity contribution < 1.29 is 4.79 Å². The van der Waals surface area contributed by atoms with Gasteiger partial charge < -0.3 is 9.97 Å².